The second-order valence-corrected chi connectivity index (χ2v) is 9.09. The normalized spacial score (nSPS) is 27.2. The standard InChI is InChI=1S/C25H26N4O5/c1-13-6-5-8-15-21(13)27-24(33)25(15)20-19(16(28-25)10-11-18(26)30)22(31)29(23(20)32)12-14-7-3-4-9-17(14)34-2/h3-9,16,19-20,28H,10-12H2,1-2H3,(H2,26,30)(H,27,33)/t16?,19-,20+,25?/m1/s1. The van der Waals surface area contributed by atoms with E-state index in [-0.39, 0.29) is 31.2 Å². The summed E-state index contributed by atoms with van der Waals surface area (Å²) >= 11 is 0. The molecule has 1 spiro atoms. The molecule has 176 valence electrons. The Morgan fingerprint density at radius 3 is 2.62 bits per heavy atom. The first-order chi connectivity index (χ1) is 16.3. The van der Waals surface area contributed by atoms with Crippen LogP contribution in [0.3, 0.4) is 0 Å². The van der Waals surface area contributed by atoms with Crippen LogP contribution in [0.5, 0.6) is 5.75 Å². The van der Waals surface area contributed by atoms with Gasteiger partial charge in [-0.15, -0.1) is 0 Å². The number of hydrogen-bond acceptors (Lipinski definition) is 6. The van der Waals surface area contributed by atoms with Crippen molar-refractivity contribution in [3.05, 3.63) is 59.2 Å². The Bertz CT molecular complexity index is 1230. The van der Waals surface area contributed by atoms with Crippen LogP contribution in [-0.4, -0.2) is 41.7 Å². The number of nitrogens with one attached hydrogen (secondary N) is 2. The van der Waals surface area contributed by atoms with Crippen molar-refractivity contribution >= 4 is 29.3 Å². The molecule has 0 saturated carbocycles. The van der Waals surface area contributed by atoms with Crippen LogP contribution in [0.1, 0.15) is 29.5 Å². The summed E-state index contributed by atoms with van der Waals surface area (Å²) in [6.07, 6.45) is 0.279. The van der Waals surface area contributed by atoms with Crippen molar-refractivity contribution in [3.63, 3.8) is 0 Å². The molecule has 4 atom stereocenters. The smallest absolute Gasteiger partial charge is 0.250 e. The Labute approximate surface area is 196 Å². The van der Waals surface area contributed by atoms with Crippen LogP contribution < -0.4 is 21.1 Å². The highest BCUT2D eigenvalue weighted by Gasteiger charge is 2.70. The van der Waals surface area contributed by atoms with Crippen molar-refractivity contribution < 1.29 is 23.9 Å². The predicted octanol–water partition coefficient (Wildman–Crippen LogP) is 1.19. The molecule has 34 heavy (non-hydrogen) atoms. The van der Waals surface area contributed by atoms with Crippen molar-refractivity contribution in [2.75, 3.05) is 12.4 Å². The number of primary amides is 1. The Morgan fingerprint density at radius 2 is 1.88 bits per heavy atom. The van der Waals surface area contributed by atoms with Gasteiger partial charge < -0.3 is 15.8 Å². The Balaban J connectivity index is 1.59. The summed E-state index contributed by atoms with van der Waals surface area (Å²) in [5.74, 6) is -2.82. The van der Waals surface area contributed by atoms with Gasteiger partial charge in [0.05, 0.1) is 25.5 Å². The van der Waals surface area contributed by atoms with E-state index in [9.17, 15) is 19.2 Å². The number of fused-ring (bicyclic) bond motifs is 4. The molecule has 0 radical (unpaired) electrons. The number of benzene rings is 2. The number of methoxy groups -OCH3 is 1. The third kappa shape index (κ3) is 3.03. The number of imide groups is 1. The highest BCUT2D eigenvalue weighted by molar-refractivity contribution is 6.15. The summed E-state index contributed by atoms with van der Waals surface area (Å²) in [7, 11) is 1.53. The molecule has 2 saturated heterocycles. The van der Waals surface area contributed by atoms with E-state index in [1.54, 1.807) is 18.2 Å². The number of rotatable bonds is 6. The number of carbonyl (C=O) groups excluding carboxylic acids is 4. The van der Waals surface area contributed by atoms with E-state index in [4.69, 9.17) is 10.5 Å². The summed E-state index contributed by atoms with van der Waals surface area (Å²) in [4.78, 5) is 53.7. The van der Waals surface area contributed by atoms with Crippen molar-refractivity contribution in [1.82, 2.24) is 10.2 Å². The number of nitrogens with zero attached hydrogens (tertiary/aromatic N) is 1. The molecule has 2 aromatic carbocycles. The molecule has 0 aromatic heterocycles. The van der Waals surface area contributed by atoms with E-state index in [0.717, 1.165) is 5.56 Å². The summed E-state index contributed by atoms with van der Waals surface area (Å²) in [5.41, 5.74) is 6.84. The Morgan fingerprint density at radius 1 is 1.12 bits per heavy atom. The molecule has 5 rings (SSSR count). The molecule has 2 unspecified atom stereocenters. The molecule has 2 fully saturated rings. The zero-order valence-electron chi connectivity index (χ0n) is 19.0. The zero-order chi connectivity index (χ0) is 24.2. The maximum absolute atomic E-state index is 13.8. The average molecular weight is 463 g/mol. The van der Waals surface area contributed by atoms with E-state index in [2.05, 4.69) is 10.6 Å². The molecule has 3 aliphatic rings. The molecule has 2 aromatic rings. The van der Waals surface area contributed by atoms with Crippen molar-refractivity contribution in [2.45, 2.75) is 37.9 Å². The number of ether oxygens (including phenoxy) is 1. The fraction of sp³-hybridized carbons (Fsp3) is 0.360. The fourth-order valence-electron chi connectivity index (χ4n) is 5.74. The lowest BCUT2D eigenvalue weighted by Gasteiger charge is -2.29. The van der Waals surface area contributed by atoms with E-state index < -0.39 is 35.2 Å². The topological polar surface area (TPSA) is 131 Å². The summed E-state index contributed by atoms with van der Waals surface area (Å²) < 4.78 is 5.40. The van der Waals surface area contributed by atoms with Gasteiger partial charge in [-0.25, -0.2) is 0 Å². The number of anilines is 1. The van der Waals surface area contributed by atoms with Crippen LogP contribution >= 0.6 is 0 Å². The summed E-state index contributed by atoms with van der Waals surface area (Å²) in [5, 5.41) is 6.23. The largest absolute Gasteiger partial charge is 0.496 e. The minimum Gasteiger partial charge on any atom is -0.496 e. The van der Waals surface area contributed by atoms with Gasteiger partial charge in [-0.2, -0.15) is 0 Å². The van der Waals surface area contributed by atoms with Gasteiger partial charge in [0, 0.05) is 29.3 Å². The third-order valence-electron chi connectivity index (χ3n) is 7.27. The highest BCUT2D eigenvalue weighted by Crippen LogP contribution is 2.54. The van der Waals surface area contributed by atoms with Gasteiger partial charge in [0.25, 0.3) is 0 Å². The predicted molar refractivity (Wildman–Crippen MR) is 122 cm³/mol. The molecular weight excluding hydrogens is 436 g/mol. The van der Waals surface area contributed by atoms with E-state index in [1.807, 2.05) is 31.2 Å². The van der Waals surface area contributed by atoms with Crippen molar-refractivity contribution in [1.29, 1.82) is 0 Å². The van der Waals surface area contributed by atoms with Crippen LogP contribution in [0.4, 0.5) is 5.69 Å². The first kappa shape index (κ1) is 22.1. The van der Waals surface area contributed by atoms with E-state index in [0.29, 0.717) is 22.6 Å². The minimum atomic E-state index is -1.39. The molecule has 3 aliphatic heterocycles. The molecule has 3 heterocycles. The lowest BCUT2D eigenvalue weighted by Crippen LogP contribution is -2.53. The van der Waals surface area contributed by atoms with Crippen molar-refractivity contribution in [3.8, 4) is 5.75 Å². The van der Waals surface area contributed by atoms with Crippen LogP contribution in [0.2, 0.25) is 0 Å². The molecule has 0 aliphatic carbocycles. The van der Waals surface area contributed by atoms with Crippen LogP contribution in [-0.2, 0) is 31.3 Å². The summed E-state index contributed by atoms with van der Waals surface area (Å²) in [6, 6.07) is 12.1. The molecule has 4 amide bonds. The zero-order valence-corrected chi connectivity index (χ0v) is 19.0. The van der Waals surface area contributed by atoms with Gasteiger partial charge in [-0.05, 0) is 25.0 Å². The monoisotopic (exact) mass is 462 g/mol. The van der Waals surface area contributed by atoms with E-state index >= 15 is 0 Å². The first-order valence-corrected chi connectivity index (χ1v) is 11.2. The average Bonchev–Trinajstić information content (AvgIpc) is 3.40. The number of aryl methyl sites for hydroxylation is 1. The lowest BCUT2D eigenvalue weighted by molar-refractivity contribution is -0.143. The maximum atomic E-state index is 13.8. The van der Waals surface area contributed by atoms with Gasteiger partial charge in [-0.3, -0.25) is 29.4 Å². The molecule has 4 N–H and O–H groups in total. The number of amides is 4. The quantitative estimate of drug-likeness (QED) is 0.553. The van der Waals surface area contributed by atoms with Crippen LogP contribution in [0.15, 0.2) is 42.5 Å². The van der Waals surface area contributed by atoms with Gasteiger partial charge in [0.1, 0.15) is 11.3 Å². The number of para-hydroxylation sites is 2. The fourth-order valence-corrected chi connectivity index (χ4v) is 5.74. The molecular formula is C25H26N4O5. The van der Waals surface area contributed by atoms with E-state index in [1.165, 1.54) is 12.0 Å². The summed E-state index contributed by atoms with van der Waals surface area (Å²) in [6.45, 7) is 1.92. The van der Waals surface area contributed by atoms with Gasteiger partial charge in [-0.1, -0.05) is 36.4 Å². The van der Waals surface area contributed by atoms with Crippen LogP contribution in [0, 0.1) is 18.8 Å². The molecule has 9 heteroatoms. The number of nitrogens with two attached hydrogens (primary N) is 1. The van der Waals surface area contributed by atoms with Gasteiger partial charge in [0.15, 0.2) is 0 Å². The van der Waals surface area contributed by atoms with Crippen molar-refractivity contribution in [2.24, 2.45) is 17.6 Å². The second-order valence-electron chi connectivity index (χ2n) is 9.09. The molecule has 9 nitrogen and oxygen atoms in total. The Kier molecular flexibility index (Phi) is 5.16. The minimum absolute atomic E-state index is 0.0350. The molecule has 0 bridgehead atoms. The SMILES string of the molecule is COc1ccccc1CN1C(=O)[C@@H]2C(CCC(N)=O)NC3(C(=O)Nc4c(C)cccc43)[C@@H]2C1=O. The number of carbonyl (C=O) groups is 4. The highest BCUT2D eigenvalue weighted by atomic mass is 16.5. The first-order valence-electron chi connectivity index (χ1n) is 11.2. The second kappa shape index (κ2) is 7.95. The maximum Gasteiger partial charge on any atom is 0.250 e. The number of likely N-dealkylation sites (tertiary alicyclic amines) is 1. The van der Waals surface area contributed by atoms with Crippen LogP contribution in [0.25, 0.3) is 0 Å². The van der Waals surface area contributed by atoms with Gasteiger partial charge in [0.2, 0.25) is 23.6 Å². The Hall–Kier alpha value is -3.72. The lowest BCUT2D eigenvalue weighted by atomic mass is 9.76. The van der Waals surface area contributed by atoms with Gasteiger partial charge >= 0.3 is 0 Å². The third-order valence-corrected chi connectivity index (χ3v) is 7.27. The number of hydrogen-bond donors (Lipinski definition) is 3.